The Kier molecular flexibility index (Phi) is 2.51. The van der Waals surface area contributed by atoms with Crippen molar-refractivity contribution in [3.8, 4) is 0 Å². The van der Waals surface area contributed by atoms with Crippen LogP contribution < -0.4 is 0 Å². The van der Waals surface area contributed by atoms with E-state index in [4.69, 9.17) is 0 Å². The quantitative estimate of drug-likeness (QED) is 0.778. The van der Waals surface area contributed by atoms with Gasteiger partial charge in [-0.15, -0.1) is 0 Å². The van der Waals surface area contributed by atoms with E-state index >= 15 is 0 Å². The highest BCUT2D eigenvalue weighted by Crippen LogP contribution is 2.35. The fourth-order valence-electron chi connectivity index (χ4n) is 3.43. The molecule has 0 spiro atoms. The minimum Gasteiger partial charge on any atom is -0.306 e. The number of piperidine rings is 1. The van der Waals surface area contributed by atoms with E-state index in [9.17, 15) is 0 Å². The average Bonchev–Trinajstić information content (AvgIpc) is 2.68. The zero-order valence-electron chi connectivity index (χ0n) is 10.3. The first-order valence-corrected chi connectivity index (χ1v) is 6.51. The molecule has 1 fully saturated rings. The summed E-state index contributed by atoms with van der Waals surface area (Å²) in [5.74, 6) is 1.77. The summed E-state index contributed by atoms with van der Waals surface area (Å²) in [5, 5.41) is 7.71. The maximum absolute atomic E-state index is 4.45. The number of rotatable bonds is 1. The maximum atomic E-state index is 4.45. The zero-order valence-corrected chi connectivity index (χ0v) is 10.3. The first kappa shape index (κ1) is 10.3. The normalized spacial score (nSPS) is 29.9. The number of hydrogen-bond acceptors (Lipinski definition) is 2. The fourth-order valence-corrected chi connectivity index (χ4v) is 3.43. The Hall–Kier alpha value is -0.830. The van der Waals surface area contributed by atoms with Crippen LogP contribution in [-0.2, 0) is 19.3 Å². The second kappa shape index (κ2) is 3.88. The molecule has 0 unspecified atom stereocenters. The molecule has 0 radical (unpaired) electrons. The van der Waals surface area contributed by atoms with Gasteiger partial charge in [-0.2, -0.15) is 5.10 Å². The van der Waals surface area contributed by atoms with Crippen LogP contribution in [0.3, 0.4) is 0 Å². The van der Waals surface area contributed by atoms with Gasteiger partial charge in [-0.1, -0.05) is 6.92 Å². The molecule has 3 rings (SSSR count). The van der Waals surface area contributed by atoms with Crippen LogP contribution in [0.25, 0.3) is 0 Å². The van der Waals surface area contributed by atoms with Crippen LogP contribution >= 0.6 is 0 Å². The molecule has 16 heavy (non-hydrogen) atoms. The smallest absolute Gasteiger partial charge is 0.0654 e. The third kappa shape index (κ3) is 1.58. The molecular weight excluding hydrogens is 198 g/mol. The van der Waals surface area contributed by atoms with Crippen molar-refractivity contribution in [2.75, 3.05) is 20.1 Å². The van der Waals surface area contributed by atoms with Gasteiger partial charge in [0, 0.05) is 12.2 Å². The molecule has 0 bridgehead atoms. The van der Waals surface area contributed by atoms with Gasteiger partial charge in [0.1, 0.15) is 0 Å². The molecule has 1 aromatic heterocycles. The largest absolute Gasteiger partial charge is 0.306 e. The van der Waals surface area contributed by atoms with Crippen molar-refractivity contribution < 1.29 is 0 Å². The molecule has 0 saturated carbocycles. The van der Waals surface area contributed by atoms with E-state index in [0.717, 1.165) is 18.3 Å². The van der Waals surface area contributed by atoms with Crippen molar-refractivity contribution in [1.82, 2.24) is 15.1 Å². The second-order valence-electron chi connectivity index (χ2n) is 5.46. The number of aromatic nitrogens is 2. The topological polar surface area (TPSA) is 31.9 Å². The minimum atomic E-state index is 0.870. The molecule has 2 aliphatic rings. The molecule has 2 atom stereocenters. The lowest BCUT2D eigenvalue weighted by atomic mass is 9.74. The van der Waals surface area contributed by atoms with Crippen molar-refractivity contribution in [3.05, 3.63) is 17.0 Å². The maximum Gasteiger partial charge on any atom is 0.0654 e. The van der Waals surface area contributed by atoms with Crippen LogP contribution in [0.5, 0.6) is 0 Å². The third-order valence-electron chi connectivity index (χ3n) is 4.40. The van der Waals surface area contributed by atoms with Crippen LogP contribution in [0, 0.1) is 11.8 Å². The molecule has 0 amide bonds. The molecule has 0 aromatic carbocycles. The van der Waals surface area contributed by atoms with E-state index in [1.165, 1.54) is 43.7 Å². The molecule has 1 saturated heterocycles. The number of H-pyrrole nitrogens is 1. The Morgan fingerprint density at radius 2 is 2.25 bits per heavy atom. The number of likely N-dealkylation sites (tertiary alicyclic amines) is 1. The van der Waals surface area contributed by atoms with E-state index < -0.39 is 0 Å². The summed E-state index contributed by atoms with van der Waals surface area (Å²) in [5.41, 5.74) is 4.28. The second-order valence-corrected chi connectivity index (χ2v) is 5.46. The number of hydrogen-bond donors (Lipinski definition) is 1. The standard InChI is InChI=1S/C13H21N3/c1-3-12-11-6-10-8-16(2)5-4-9(10)7-13(11)15-14-12/h9-10H,3-8H2,1-2H3,(H,14,15)/t9-,10+/m1/s1. The number of nitrogens with zero attached hydrogens (tertiary/aromatic N) is 2. The van der Waals surface area contributed by atoms with Gasteiger partial charge in [0.15, 0.2) is 0 Å². The molecule has 3 nitrogen and oxygen atoms in total. The van der Waals surface area contributed by atoms with Gasteiger partial charge < -0.3 is 4.90 Å². The Labute approximate surface area is 97.2 Å². The van der Waals surface area contributed by atoms with Crippen LogP contribution in [0.15, 0.2) is 0 Å². The molecule has 2 heterocycles. The fraction of sp³-hybridized carbons (Fsp3) is 0.769. The van der Waals surface area contributed by atoms with Crippen molar-refractivity contribution in [3.63, 3.8) is 0 Å². The molecule has 88 valence electrons. The van der Waals surface area contributed by atoms with Crippen molar-refractivity contribution in [2.45, 2.75) is 32.6 Å². The molecule has 1 N–H and O–H groups in total. The minimum absolute atomic E-state index is 0.870. The van der Waals surface area contributed by atoms with Crippen molar-refractivity contribution >= 4 is 0 Å². The van der Waals surface area contributed by atoms with E-state index in [-0.39, 0.29) is 0 Å². The Bertz CT molecular complexity index is 383. The van der Waals surface area contributed by atoms with Crippen LogP contribution in [0.4, 0.5) is 0 Å². The number of aryl methyl sites for hydroxylation is 1. The molecular formula is C13H21N3. The molecule has 1 aliphatic heterocycles. The van der Waals surface area contributed by atoms with Gasteiger partial charge in [-0.25, -0.2) is 0 Å². The molecule has 1 aliphatic carbocycles. The third-order valence-corrected chi connectivity index (χ3v) is 4.40. The van der Waals surface area contributed by atoms with E-state index in [0.29, 0.717) is 0 Å². The lowest BCUT2D eigenvalue weighted by Gasteiger charge is -2.39. The Balaban J connectivity index is 1.87. The van der Waals surface area contributed by atoms with Gasteiger partial charge in [-0.05, 0) is 56.7 Å². The summed E-state index contributed by atoms with van der Waals surface area (Å²) >= 11 is 0. The summed E-state index contributed by atoms with van der Waals surface area (Å²) in [6, 6.07) is 0. The SMILES string of the molecule is CCc1n[nH]c2c1C[C@H]1CN(C)CC[C@@H]1C2. The van der Waals surface area contributed by atoms with Gasteiger partial charge in [0.25, 0.3) is 0 Å². The number of fused-ring (bicyclic) bond motifs is 2. The number of aromatic amines is 1. The first-order valence-electron chi connectivity index (χ1n) is 6.51. The zero-order chi connectivity index (χ0) is 11.1. The molecule has 1 aromatic rings. The van der Waals surface area contributed by atoms with Crippen LogP contribution in [0.1, 0.15) is 30.3 Å². The van der Waals surface area contributed by atoms with Crippen molar-refractivity contribution in [2.24, 2.45) is 11.8 Å². The summed E-state index contributed by atoms with van der Waals surface area (Å²) in [6.07, 6.45) is 4.92. The van der Waals surface area contributed by atoms with Gasteiger partial charge in [0.2, 0.25) is 0 Å². The van der Waals surface area contributed by atoms with Gasteiger partial charge in [0.05, 0.1) is 5.69 Å². The lowest BCUT2D eigenvalue weighted by Crippen LogP contribution is -2.41. The molecule has 3 heteroatoms. The van der Waals surface area contributed by atoms with Crippen LogP contribution in [-0.4, -0.2) is 35.2 Å². The van der Waals surface area contributed by atoms with Gasteiger partial charge >= 0.3 is 0 Å². The summed E-state index contributed by atoms with van der Waals surface area (Å²) < 4.78 is 0. The van der Waals surface area contributed by atoms with Crippen LogP contribution in [0.2, 0.25) is 0 Å². The van der Waals surface area contributed by atoms with E-state index in [2.05, 4.69) is 29.1 Å². The highest BCUT2D eigenvalue weighted by molar-refractivity contribution is 5.29. The van der Waals surface area contributed by atoms with E-state index in [1.807, 2.05) is 0 Å². The average molecular weight is 219 g/mol. The highest BCUT2D eigenvalue weighted by Gasteiger charge is 2.34. The summed E-state index contributed by atoms with van der Waals surface area (Å²) in [6.45, 7) is 4.75. The highest BCUT2D eigenvalue weighted by atomic mass is 15.1. The predicted molar refractivity (Wildman–Crippen MR) is 64.5 cm³/mol. The lowest BCUT2D eigenvalue weighted by molar-refractivity contribution is 0.133. The summed E-state index contributed by atoms with van der Waals surface area (Å²) in [7, 11) is 2.25. The Morgan fingerprint density at radius 3 is 3.06 bits per heavy atom. The Morgan fingerprint density at radius 1 is 1.38 bits per heavy atom. The predicted octanol–water partition coefficient (Wildman–Crippen LogP) is 1.64. The summed E-state index contributed by atoms with van der Waals surface area (Å²) in [4.78, 5) is 2.48. The van der Waals surface area contributed by atoms with Crippen molar-refractivity contribution in [1.29, 1.82) is 0 Å². The van der Waals surface area contributed by atoms with E-state index in [1.54, 1.807) is 5.56 Å². The first-order chi connectivity index (χ1) is 7.78. The monoisotopic (exact) mass is 219 g/mol. The van der Waals surface area contributed by atoms with Gasteiger partial charge in [-0.3, -0.25) is 5.10 Å². The number of nitrogens with one attached hydrogen (secondary N) is 1.